The number of halogens is 2. The van der Waals surface area contributed by atoms with E-state index in [1.165, 1.54) is 6.20 Å². The first-order chi connectivity index (χ1) is 12.4. The molecule has 0 saturated heterocycles. The molecule has 1 amide bonds. The summed E-state index contributed by atoms with van der Waals surface area (Å²) in [5, 5.41) is 21.2. The second kappa shape index (κ2) is 6.92. The lowest BCUT2D eigenvalue weighted by molar-refractivity contribution is 0.102. The van der Waals surface area contributed by atoms with E-state index in [1.807, 2.05) is 5.32 Å². The van der Waals surface area contributed by atoms with Gasteiger partial charge in [0, 0.05) is 11.8 Å². The lowest BCUT2D eigenvalue weighted by Gasteiger charge is -2.09. The number of hydrogen-bond donors (Lipinski definition) is 4. The van der Waals surface area contributed by atoms with Crippen LogP contribution in [0.25, 0.3) is 11.3 Å². The molecule has 0 atom stereocenters. The molecule has 0 saturated carbocycles. The van der Waals surface area contributed by atoms with Crippen molar-refractivity contribution in [3.8, 4) is 17.1 Å². The summed E-state index contributed by atoms with van der Waals surface area (Å²) in [7, 11) is 0. The van der Waals surface area contributed by atoms with Crippen molar-refractivity contribution < 1.29 is 18.7 Å². The van der Waals surface area contributed by atoms with Crippen molar-refractivity contribution in [1.82, 2.24) is 25.4 Å². The van der Waals surface area contributed by atoms with Gasteiger partial charge in [-0.1, -0.05) is 17.0 Å². The number of hydrogen-bond acceptors (Lipinski definition) is 7. The zero-order chi connectivity index (χ0) is 18.8. The molecule has 0 aliphatic rings. The SMILES string of the molecule is CSc1nc(O)c(C(=O)Nc2c(F)cc(-c3c[nH]nn3)cc2F)c(=O)[nH]1. The van der Waals surface area contributed by atoms with Gasteiger partial charge in [0.2, 0.25) is 5.88 Å². The second-order valence-corrected chi connectivity index (χ2v) is 5.70. The number of aromatic hydroxyl groups is 1. The first kappa shape index (κ1) is 17.5. The highest BCUT2D eigenvalue weighted by Crippen LogP contribution is 2.26. The molecule has 134 valence electrons. The number of carbonyl (C=O) groups excluding carboxylic acids is 1. The molecule has 3 rings (SSSR count). The van der Waals surface area contributed by atoms with Gasteiger partial charge in [-0.3, -0.25) is 14.7 Å². The fraction of sp³-hybridized carbons (Fsp3) is 0.0714. The second-order valence-electron chi connectivity index (χ2n) is 4.90. The Hall–Kier alpha value is -3.28. The summed E-state index contributed by atoms with van der Waals surface area (Å²) in [4.78, 5) is 29.9. The van der Waals surface area contributed by atoms with Gasteiger partial charge in [-0.15, -0.1) is 5.10 Å². The number of rotatable bonds is 4. The number of aromatic nitrogens is 5. The van der Waals surface area contributed by atoms with Crippen LogP contribution < -0.4 is 10.9 Å². The Bertz CT molecular complexity index is 1010. The first-order valence-electron chi connectivity index (χ1n) is 6.95. The van der Waals surface area contributed by atoms with Gasteiger partial charge in [0.15, 0.2) is 10.7 Å². The number of aromatic amines is 2. The summed E-state index contributed by atoms with van der Waals surface area (Å²) in [6.45, 7) is 0. The van der Waals surface area contributed by atoms with Crippen molar-refractivity contribution in [3.63, 3.8) is 0 Å². The molecule has 0 bridgehead atoms. The number of carbonyl (C=O) groups is 1. The zero-order valence-corrected chi connectivity index (χ0v) is 13.8. The molecule has 9 nitrogen and oxygen atoms in total. The molecule has 0 fully saturated rings. The van der Waals surface area contributed by atoms with Crippen LogP contribution in [0.2, 0.25) is 0 Å². The molecule has 0 radical (unpaired) electrons. The van der Waals surface area contributed by atoms with Crippen LogP contribution in [0.1, 0.15) is 10.4 Å². The number of H-pyrrole nitrogens is 2. The van der Waals surface area contributed by atoms with Gasteiger partial charge < -0.3 is 15.4 Å². The summed E-state index contributed by atoms with van der Waals surface area (Å²) < 4.78 is 28.4. The Morgan fingerprint density at radius 1 is 1.31 bits per heavy atom. The lowest BCUT2D eigenvalue weighted by atomic mass is 10.1. The minimum Gasteiger partial charge on any atom is -0.493 e. The van der Waals surface area contributed by atoms with Crippen LogP contribution >= 0.6 is 11.8 Å². The van der Waals surface area contributed by atoms with E-state index in [0.717, 1.165) is 23.9 Å². The highest BCUT2D eigenvalue weighted by atomic mass is 32.2. The minimum absolute atomic E-state index is 0.0818. The van der Waals surface area contributed by atoms with E-state index < -0.39 is 40.2 Å². The number of nitrogens with one attached hydrogen (secondary N) is 3. The number of thioether (sulfide) groups is 1. The van der Waals surface area contributed by atoms with E-state index in [4.69, 9.17) is 0 Å². The molecule has 12 heteroatoms. The van der Waals surface area contributed by atoms with E-state index in [-0.39, 0.29) is 16.4 Å². The van der Waals surface area contributed by atoms with E-state index >= 15 is 0 Å². The van der Waals surface area contributed by atoms with Crippen molar-refractivity contribution in [1.29, 1.82) is 0 Å². The lowest BCUT2D eigenvalue weighted by Crippen LogP contribution is -2.25. The molecule has 0 unspecified atom stereocenters. The van der Waals surface area contributed by atoms with Crippen molar-refractivity contribution >= 4 is 23.4 Å². The maximum absolute atomic E-state index is 14.2. The number of anilines is 1. The van der Waals surface area contributed by atoms with Crippen molar-refractivity contribution in [2.24, 2.45) is 0 Å². The summed E-state index contributed by atoms with van der Waals surface area (Å²) in [6.07, 6.45) is 2.93. The van der Waals surface area contributed by atoms with Crippen molar-refractivity contribution in [2.75, 3.05) is 11.6 Å². The Balaban J connectivity index is 1.95. The Kier molecular flexibility index (Phi) is 4.67. The van der Waals surface area contributed by atoms with E-state index in [0.29, 0.717) is 0 Å². The Labute approximate surface area is 147 Å². The number of nitrogens with zero attached hydrogens (tertiary/aromatic N) is 3. The molecular weight excluding hydrogens is 370 g/mol. The highest BCUT2D eigenvalue weighted by molar-refractivity contribution is 7.98. The van der Waals surface area contributed by atoms with Crippen LogP contribution in [-0.2, 0) is 0 Å². The molecule has 0 aliphatic heterocycles. The molecular formula is C14H10F2N6O3S. The van der Waals surface area contributed by atoms with Crippen LogP contribution in [0.4, 0.5) is 14.5 Å². The fourth-order valence-electron chi connectivity index (χ4n) is 2.10. The van der Waals surface area contributed by atoms with Crippen LogP contribution in [0.5, 0.6) is 5.88 Å². The van der Waals surface area contributed by atoms with Crippen LogP contribution in [0.3, 0.4) is 0 Å². The van der Waals surface area contributed by atoms with E-state index in [2.05, 4.69) is 25.4 Å². The van der Waals surface area contributed by atoms with E-state index in [9.17, 15) is 23.5 Å². The average Bonchev–Trinajstić information content (AvgIpc) is 3.11. The van der Waals surface area contributed by atoms with E-state index in [1.54, 1.807) is 6.26 Å². The summed E-state index contributed by atoms with van der Waals surface area (Å²) in [5.41, 5.74) is -2.19. The fourth-order valence-corrected chi connectivity index (χ4v) is 2.47. The topological polar surface area (TPSA) is 137 Å². The normalized spacial score (nSPS) is 10.7. The summed E-state index contributed by atoms with van der Waals surface area (Å²) >= 11 is 1.03. The third-order valence-electron chi connectivity index (χ3n) is 3.29. The van der Waals surface area contributed by atoms with Gasteiger partial charge in [-0.2, -0.15) is 4.98 Å². The third kappa shape index (κ3) is 3.26. The predicted molar refractivity (Wildman–Crippen MR) is 88.0 cm³/mol. The zero-order valence-electron chi connectivity index (χ0n) is 13.0. The maximum Gasteiger partial charge on any atom is 0.268 e. The van der Waals surface area contributed by atoms with Gasteiger partial charge in [0.1, 0.15) is 23.0 Å². The molecule has 0 aliphatic carbocycles. The Morgan fingerprint density at radius 2 is 2.00 bits per heavy atom. The van der Waals surface area contributed by atoms with Crippen LogP contribution in [0, 0.1) is 11.6 Å². The van der Waals surface area contributed by atoms with Crippen molar-refractivity contribution in [3.05, 3.63) is 45.9 Å². The maximum atomic E-state index is 14.2. The molecule has 2 aromatic heterocycles. The molecule has 26 heavy (non-hydrogen) atoms. The van der Waals surface area contributed by atoms with Gasteiger partial charge >= 0.3 is 0 Å². The van der Waals surface area contributed by atoms with Gasteiger partial charge in [-0.05, 0) is 18.4 Å². The standard InChI is InChI=1S/C14H10F2N6O3S/c1-26-14-19-12(24)9(13(25)20-14)11(23)18-10-6(15)2-5(3-7(10)16)8-4-17-22-21-8/h2-4H,1H3,(H,18,23)(H,17,21,22)(H2,19,20,24,25). The van der Waals surface area contributed by atoms with Crippen LogP contribution in [0.15, 0.2) is 28.3 Å². The first-order valence-corrected chi connectivity index (χ1v) is 8.17. The number of benzene rings is 1. The van der Waals surface area contributed by atoms with Gasteiger partial charge in [-0.25, -0.2) is 8.78 Å². The van der Waals surface area contributed by atoms with Gasteiger partial charge in [0.05, 0.1) is 0 Å². The molecule has 2 heterocycles. The average molecular weight is 380 g/mol. The largest absolute Gasteiger partial charge is 0.493 e. The number of amides is 1. The van der Waals surface area contributed by atoms with Gasteiger partial charge in [0.25, 0.3) is 11.5 Å². The predicted octanol–water partition coefficient (Wildman–Crippen LogP) is 1.51. The quantitative estimate of drug-likeness (QED) is 0.398. The molecule has 1 aromatic carbocycles. The summed E-state index contributed by atoms with van der Waals surface area (Å²) in [5.74, 6) is -4.26. The molecule has 0 spiro atoms. The highest BCUT2D eigenvalue weighted by Gasteiger charge is 2.22. The monoisotopic (exact) mass is 380 g/mol. The smallest absolute Gasteiger partial charge is 0.268 e. The van der Waals surface area contributed by atoms with Crippen molar-refractivity contribution in [2.45, 2.75) is 5.16 Å². The summed E-state index contributed by atoms with van der Waals surface area (Å²) in [6, 6.07) is 1.88. The van der Waals surface area contributed by atoms with Crippen LogP contribution in [-0.4, -0.2) is 42.6 Å². The third-order valence-corrected chi connectivity index (χ3v) is 3.87. The molecule has 4 N–H and O–H groups in total. The Morgan fingerprint density at radius 3 is 2.54 bits per heavy atom. The minimum atomic E-state index is -1.21. The molecule has 3 aromatic rings.